The Kier molecular flexibility index (Phi) is 6.20. The van der Waals surface area contributed by atoms with Crippen molar-refractivity contribution in [3.63, 3.8) is 0 Å². The van der Waals surface area contributed by atoms with Crippen molar-refractivity contribution in [3.8, 4) is 6.07 Å². The summed E-state index contributed by atoms with van der Waals surface area (Å²) < 4.78 is 7.62. The molecule has 0 bridgehead atoms. The lowest BCUT2D eigenvalue weighted by atomic mass is 10.1. The molecule has 5 nitrogen and oxygen atoms in total. The van der Waals surface area contributed by atoms with Gasteiger partial charge in [-0.25, -0.2) is 4.79 Å². The molecule has 1 heterocycles. The van der Waals surface area contributed by atoms with Crippen LogP contribution in [-0.2, 0) is 16.1 Å². The Morgan fingerprint density at radius 2 is 1.89 bits per heavy atom. The first kappa shape index (κ1) is 19.3. The predicted octanol–water partition coefficient (Wildman–Crippen LogP) is 2.00. The van der Waals surface area contributed by atoms with Gasteiger partial charge in [-0.05, 0) is 36.3 Å². The SMILES string of the molecule is CCOC(=O)C=c1sc(=Cc2ccc(C#N)cc2)c(=O)n1Cc1ccccc1. The molecular weight excluding hydrogens is 372 g/mol. The van der Waals surface area contributed by atoms with Gasteiger partial charge in [-0.15, -0.1) is 11.3 Å². The summed E-state index contributed by atoms with van der Waals surface area (Å²) in [5, 5.41) is 8.91. The molecule has 0 aliphatic heterocycles. The van der Waals surface area contributed by atoms with E-state index in [1.165, 1.54) is 17.4 Å². The topological polar surface area (TPSA) is 72.1 Å². The van der Waals surface area contributed by atoms with Crippen LogP contribution in [0, 0.1) is 11.3 Å². The Bertz CT molecular complexity index is 1180. The van der Waals surface area contributed by atoms with E-state index in [4.69, 9.17) is 10.00 Å². The Morgan fingerprint density at radius 1 is 1.18 bits per heavy atom. The number of rotatable bonds is 5. The van der Waals surface area contributed by atoms with Gasteiger partial charge in [0.05, 0.1) is 35.4 Å². The molecule has 0 unspecified atom stereocenters. The number of hydrogen-bond acceptors (Lipinski definition) is 5. The molecule has 28 heavy (non-hydrogen) atoms. The molecule has 0 saturated heterocycles. The molecule has 0 fully saturated rings. The standard InChI is InChI=1S/C22H18N2O3S/c1-2-27-21(25)13-20-24(15-18-6-4-3-5-7-18)22(26)19(28-20)12-16-8-10-17(14-23)11-9-16/h3-13H,2,15H2,1H3. The molecule has 6 heteroatoms. The number of benzene rings is 2. The lowest BCUT2D eigenvalue weighted by Gasteiger charge is -2.02. The summed E-state index contributed by atoms with van der Waals surface area (Å²) >= 11 is 1.24. The number of thiazole rings is 1. The van der Waals surface area contributed by atoms with Gasteiger partial charge in [0, 0.05) is 0 Å². The maximum Gasteiger partial charge on any atom is 0.333 e. The quantitative estimate of drug-likeness (QED) is 0.625. The minimum absolute atomic E-state index is 0.172. The number of aromatic nitrogens is 1. The maximum absolute atomic E-state index is 13.0. The summed E-state index contributed by atoms with van der Waals surface area (Å²) in [7, 11) is 0. The zero-order valence-corrected chi connectivity index (χ0v) is 16.1. The van der Waals surface area contributed by atoms with E-state index in [1.807, 2.05) is 30.3 Å². The third-order valence-electron chi connectivity index (χ3n) is 3.99. The van der Waals surface area contributed by atoms with E-state index < -0.39 is 5.97 Å². The summed E-state index contributed by atoms with van der Waals surface area (Å²) in [4.78, 5) is 24.9. The Morgan fingerprint density at radius 3 is 2.54 bits per heavy atom. The third-order valence-corrected chi connectivity index (χ3v) is 5.05. The summed E-state index contributed by atoms with van der Waals surface area (Å²) in [5.41, 5.74) is 2.16. The van der Waals surface area contributed by atoms with Crippen LogP contribution in [-0.4, -0.2) is 17.1 Å². The Hall–Kier alpha value is -3.43. The van der Waals surface area contributed by atoms with Gasteiger partial charge in [-0.2, -0.15) is 5.26 Å². The fraction of sp³-hybridized carbons (Fsp3) is 0.136. The van der Waals surface area contributed by atoms with Crippen molar-refractivity contribution in [1.82, 2.24) is 4.57 Å². The second-order valence-electron chi connectivity index (χ2n) is 5.96. The van der Waals surface area contributed by atoms with Crippen LogP contribution in [0.1, 0.15) is 23.6 Å². The lowest BCUT2D eigenvalue weighted by molar-refractivity contribution is -0.135. The summed E-state index contributed by atoms with van der Waals surface area (Å²) in [5.74, 6) is -0.476. The van der Waals surface area contributed by atoms with Crippen molar-refractivity contribution < 1.29 is 9.53 Å². The average molecular weight is 390 g/mol. The van der Waals surface area contributed by atoms with Gasteiger partial charge >= 0.3 is 5.97 Å². The fourth-order valence-corrected chi connectivity index (χ4v) is 3.68. The van der Waals surface area contributed by atoms with Crippen LogP contribution in [0.3, 0.4) is 0 Å². The predicted molar refractivity (Wildman–Crippen MR) is 109 cm³/mol. The van der Waals surface area contributed by atoms with E-state index in [0.29, 0.717) is 21.3 Å². The van der Waals surface area contributed by atoms with Crippen LogP contribution in [0.15, 0.2) is 59.4 Å². The van der Waals surface area contributed by atoms with E-state index in [9.17, 15) is 9.59 Å². The minimum Gasteiger partial charge on any atom is -0.463 e. The highest BCUT2D eigenvalue weighted by molar-refractivity contribution is 7.07. The molecule has 1 aromatic heterocycles. The summed E-state index contributed by atoms with van der Waals surface area (Å²) in [6.07, 6.45) is 3.12. The highest BCUT2D eigenvalue weighted by atomic mass is 32.1. The van der Waals surface area contributed by atoms with Crippen LogP contribution in [0.5, 0.6) is 0 Å². The van der Waals surface area contributed by atoms with Crippen LogP contribution in [0.4, 0.5) is 0 Å². The highest BCUT2D eigenvalue weighted by Gasteiger charge is 2.08. The van der Waals surface area contributed by atoms with Gasteiger partial charge in [-0.3, -0.25) is 9.36 Å². The molecule has 0 aliphatic carbocycles. The van der Waals surface area contributed by atoms with E-state index >= 15 is 0 Å². The molecule has 0 N–H and O–H groups in total. The van der Waals surface area contributed by atoms with Gasteiger partial charge in [0.25, 0.3) is 5.56 Å². The van der Waals surface area contributed by atoms with E-state index in [-0.39, 0.29) is 12.2 Å². The van der Waals surface area contributed by atoms with Crippen molar-refractivity contribution in [2.75, 3.05) is 6.61 Å². The van der Waals surface area contributed by atoms with Crippen molar-refractivity contribution in [2.24, 2.45) is 0 Å². The number of nitriles is 1. The Labute approximate surface area is 166 Å². The number of carbonyl (C=O) groups is 1. The molecule has 0 atom stereocenters. The molecule has 0 amide bonds. The summed E-state index contributed by atoms with van der Waals surface area (Å²) in [6.45, 7) is 2.37. The lowest BCUT2D eigenvalue weighted by Crippen LogP contribution is -2.32. The number of ether oxygens (including phenoxy) is 1. The number of hydrogen-bond donors (Lipinski definition) is 0. The van der Waals surface area contributed by atoms with Crippen LogP contribution < -0.4 is 14.8 Å². The molecule has 0 saturated carbocycles. The zero-order chi connectivity index (χ0) is 19.9. The molecule has 2 aromatic carbocycles. The van der Waals surface area contributed by atoms with Gasteiger partial charge < -0.3 is 4.74 Å². The van der Waals surface area contributed by atoms with Crippen LogP contribution >= 0.6 is 11.3 Å². The monoisotopic (exact) mass is 390 g/mol. The van der Waals surface area contributed by atoms with Crippen molar-refractivity contribution in [1.29, 1.82) is 5.26 Å². The second kappa shape index (κ2) is 8.98. The van der Waals surface area contributed by atoms with Gasteiger partial charge in [0.2, 0.25) is 0 Å². The van der Waals surface area contributed by atoms with Gasteiger partial charge in [-0.1, -0.05) is 42.5 Å². The minimum atomic E-state index is -0.476. The third kappa shape index (κ3) is 4.64. The zero-order valence-electron chi connectivity index (χ0n) is 15.3. The van der Waals surface area contributed by atoms with Crippen molar-refractivity contribution in [2.45, 2.75) is 13.5 Å². The molecule has 0 aliphatic rings. The molecule has 0 spiro atoms. The number of nitrogens with zero attached hydrogens (tertiary/aromatic N) is 2. The second-order valence-corrected chi connectivity index (χ2v) is 7.02. The van der Waals surface area contributed by atoms with Gasteiger partial charge in [0.1, 0.15) is 4.66 Å². The molecule has 0 radical (unpaired) electrons. The van der Waals surface area contributed by atoms with Crippen LogP contribution in [0.25, 0.3) is 12.2 Å². The first-order valence-corrected chi connectivity index (χ1v) is 9.56. The average Bonchev–Trinajstić information content (AvgIpc) is 2.98. The number of carbonyl (C=O) groups excluding carboxylic acids is 1. The van der Waals surface area contributed by atoms with E-state index in [1.54, 1.807) is 41.8 Å². The fourth-order valence-electron chi connectivity index (χ4n) is 2.65. The van der Waals surface area contributed by atoms with Crippen molar-refractivity contribution >= 4 is 29.5 Å². The molecule has 3 rings (SSSR count). The smallest absolute Gasteiger partial charge is 0.333 e. The van der Waals surface area contributed by atoms with Gasteiger partial charge in [0.15, 0.2) is 0 Å². The van der Waals surface area contributed by atoms with Crippen molar-refractivity contribution in [3.05, 3.63) is 90.8 Å². The normalized spacial score (nSPS) is 12.0. The van der Waals surface area contributed by atoms with Crippen LogP contribution in [0.2, 0.25) is 0 Å². The van der Waals surface area contributed by atoms with E-state index in [0.717, 1.165) is 11.1 Å². The molecule has 140 valence electrons. The first-order valence-electron chi connectivity index (χ1n) is 8.74. The molecule has 3 aromatic rings. The number of esters is 1. The summed E-state index contributed by atoms with van der Waals surface area (Å²) in [6, 6.07) is 18.6. The first-order chi connectivity index (χ1) is 13.6. The largest absolute Gasteiger partial charge is 0.463 e. The maximum atomic E-state index is 13.0. The van der Waals surface area contributed by atoms with E-state index in [2.05, 4.69) is 6.07 Å². The molecular formula is C22H18N2O3S. The Balaban J connectivity index is 2.11. The highest BCUT2D eigenvalue weighted by Crippen LogP contribution is 2.04.